The lowest BCUT2D eigenvalue weighted by Gasteiger charge is -2.29. The minimum absolute atomic E-state index is 0.185. The van der Waals surface area contributed by atoms with Gasteiger partial charge in [0.1, 0.15) is 11.3 Å². The maximum atomic E-state index is 13.2. The lowest BCUT2D eigenvalue weighted by atomic mass is 10.0. The first-order valence-electron chi connectivity index (χ1n) is 8.67. The van der Waals surface area contributed by atoms with Crippen molar-refractivity contribution in [1.29, 1.82) is 0 Å². The van der Waals surface area contributed by atoms with Gasteiger partial charge in [0.05, 0.1) is 18.0 Å². The average molecular weight is 348 g/mol. The number of carbonyl (C=O) groups is 1. The van der Waals surface area contributed by atoms with E-state index in [4.69, 9.17) is 4.74 Å². The van der Waals surface area contributed by atoms with E-state index in [1.165, 1.54) is 0 Å². The van der Waals surface area contributed by atoms with Crippen molar-refractivity contribution in [2.24, 2.45) is 7.05 Å². The predicted octanol–water partition coefficient (Wildman–Crippen LogP) is 3.14. The Hall–Kier alpha value is -3.08. The van der Waals surface area contributed by atoms with Gasteiger partial charge < -0.3 is 14.2 Å². The second kappa shape index (κ2) is 6.33. The summed E-state index contributed by atoms with van der Waals surface area (Å²) in [6.07, 6.45) is 3.48. The second-order valence-electron chi connectivity index (χ2n) is 6.55. The van der Waals surface area contributed by atoms with Crippen LogP contribution in [0.2, 0.25) is 0 Å². The SMILES string of the molecule is COc1ccc2c(c1)c(=O)c(C(=O)N1CCCc3ccccc31)cn2C. The van der Waals surface area contributed by atoms with Crippen LogP contribution in [0.5, 0.6) is 5.75 Å². The van der Waals surface area contributed by atoms with Crippen molar-refractivity contribution in [3.63, 3.8) is 0 Å². The van der Waals surface area contributed by atoms with Crippen LogP contribution in [-0.2, 0) is 13.5 Å². The average Bonchev–Trinajstić information content (AvgIpc) is 2.69. The fraction of sp³-hybridized carbons (Fsp3) is 0.238. The molecule has 0 saturated carbocycles. The van der Waals surface area contributed by atoms with Crippen molar-refractivity contribution >= 4 is 22.5 Å². The molecule has 2 heterocycles. The summed E-state index contributed by atoms with van der Waals surface area (Å²) >= 11 is 0. The second-order valence-corrected chi connectivity index (χ2v) is 6.55. The lowest BCUT2D eigenvalue weighted by Crippen LogP contribution is -2.38. The highest BCUT2D eigenvalue weighted by molar-refractivity contribution is 6.08. The van der Waals surface area contributed by atoms with E-state index in [1.807, 2.05) is 48.0 Å². The third kappa shape index (κ3) is 2.56. The summed E-state index contributed by atoms with van der Waals surface area (Å²) in [4.78, 5) is 28.0. The number of methoxy groups -OCH3 is 1. The number of benzene rings is 2. The molecule has 0 spiro atoms. The monoisotopic (exact) mass is 348 g/mol. The van der Waals surface area contributed by atoms with E-state index < -0.39 is 0 Å². The van der Waals surface area contributed by atoms with Crippen LogP contribution in [0, 0.1) is 0 Å². The molecule has 0 unspecified atom stereocenters. The number of anilines is 1. The molecule has 0 bridgehead atoms. The van der Waals surface area contributed by atoms with Crippen molar-refractivity contribution in [2.75, 3.05) is 18.6 Å². The fourth-order valence-corrected chi connectivity index (χ4v) is 3.64. The first-order valence-corrected chi connectivity index (χ1v) is 8.67. The summed E-state index contributed by atoms with van der Waals surface area (Å²) in [5.41, 5.74) is 2.74. The van der Waals surface area contributed by atoms with E-state index in [0.717, 1.165) is 29.6 Å². The topological polar surface area (TPSA) is 51.5 Å². The van der Waals surface area contributed by atoms with Gasteiger partial charge in [0.25, 0.3) is 5.91 Å². The highest BCUT2D eigenvalue weighted by Gasteiger charge is 2.26. The Kier molecular flexibility index (Phi) is 3.99. The quantitative estimate of drug-likeness (QED) is 0.715. The van der Waals surface area contributed by atoms with Crippen LogP contribution in [-0.4, -0.2) is 24.1 Å². The molecule has 26 heavy (non-hydrogen) atoms. The van der Waals surface area contributed by atoms with Crippen molar-refractivity contribution in [1.82, 2.24) is 4.57 Å². The molecule has 1 aromatic heterocycles. The van der Waals surface area contributed by atoms with Crippen molar-refractivity contribution in [3.8, 4) is 5.75 Å². The Bertz CT molecular complexity index is 1070. The number of carbonyl (C=O) groups excluding carboxylic acids is 1. The summed E-state index contributed by atoms with van der Waals surface area (Å²) in [7, 11) is 3.40. The Balaban J connectivity index is 1.86. The van der Waals surface area contributed by atoms with Gasteiger partial charge in [-0.25, -0.2) is 0 Å². The highest BCUT2D eigenvalue weighted by atomic mass is 16.5. The molecule has 1 aliphatic heterocycles. The van der Waals surface area contributed by atoms with Crippen molar-refractivity contribution in [3.05, 3.63) is 70.0 Å². The van der Waals surface area contributed by atoms with E-state index in [1.54, 1.807) is 24.3 Å². The van der Waals surface area contributed by atoms with Crippen molar-refractivity contribution in [2.45, 2.75) is 12.8 Å². The van der Waals surface area contributed by atoms with Gasteiger partial charge in [0.2, 0.25) is 5.43 Å². The third-order valence-electron chi connectivity index (χ3n) is 4.98. The van der Waals surface area contributed by atoms with E-state index >= 15 is 0 Å². The predicted molar refractivity (Wildman–Crippen MR) is 102 cm³/mol. The number of ether oxygens (including phenoxy) is 1. The number of hydrogen-bond acceptors (Lipinski definition) is 3. The summed E-state index contributed by atoms with van der Waals surface area (Å²) in [5.74, 6) is 0.352. The molecule has 0 aliphatic carbocycles. The zero-order chi connectivity index (χ0) is 18.3. The summed E-state index contributed by atoms with van der Waals surface area (Å²) in [6, 6.07) is 13.2. The normalized spacial score (nSPS) is 13.5. The first-order chi connectivity index (χ1) is 12.6. The van der Waals surface area contributed by atoms with Gasteiger partial charge in [-0.1, -0.05) is 18.2 Å². The van der Waals surface area contributed by atoms with Gasteiger partial charge in [0, 0.05) is 25.5 Å². The minimum Gasteiger partial charge on any atom is -0.497 e. The lowest BCUT2D eigenvalue weighted by molar-refractivity contribution is 0.0983. The molecule has 0 fully saturated rings. The Morgan fingerprint density at radius 3 is 2.77 bits per heavy atom. The first kappa shape index (κ1) is 16.4. The van der Waals surface area contributed by atoms with Gasteiger partial charge in [-0.2, -0.15) is 0 Å². The number of aryl methyl sites for hydroxylation is 2. The number of fused-ring (bicyclic) bond motifs is 2. The molecule has 132 valence electrons. The molecule has 0 atom stereocenters. The van der Waals surface area contributed by atoms with Gasteiger partial charge in [-0.05, 0) is 42.7 Å². The number of pyridine rings is 1. The van der Waals surface area contributed by atoms with E-state index in [9.17, 15) is 9.59 Å². The number of nitrogens with zero attached hydrogens (tertiary/aromatic N) is 2. The summed E-state index contributed by atoms with van der Waals surface area (Å²) in [6.45, 7) is 0.620. The van der Waals surface area contributed by atoms with Gasteiger partial charge in [-0.15, -0.1) is 0 Å². The molecule has 0 N–H and O–H groups in total. The minimum atomic E-state index is -0.259. The van der Waals surface area contributed by atoms with E-state index in [-0.39, 0.29) is 16.9 Å². The van der Waals surface area contributed by atoms with E-state index in [2.05, 4.69) is 0 Å². The standard InChI is InChI=1S/C21H20N2O3/c1-22-13-17(20(24)16-12-15(26-2)9-10-19(16)22)21(25)23-11-5-7-14-6-3-4-8-18(14)23/h3-4,6,8-10,12-13H,5,7,11H2,1-2H3. The molecule has 1 aliphatic rings. The number of amides is 1. The molecule has 0 saturated heterocycles. The summed E-state index contributed by atoms with van der Waals surface area (Å²) < 4.78 is 7.06. The van der Waals surface area contributed by atoms with Crippen LogP contribution in [0.1, 0.15) is 22.3 Å². The number of rotatable bonds is 2. The number of aromatic nitrogens is 1. The van der Waals surface area contributed by atoms with Crippen LogP contribution in [0.4, 0.5) is 5.69 Å². The molecule has 2 aromatic carbocycles. The Morgan fingerprint density at radius 1 is 1.15 bits per heavy atom. The molecule has 0 radical (unpaired) electrons. The molecular formula is C21H20N2O3. The van der Waals surface area contributed by atoms with E-state index in [0.29, 0.717) is 17.7 Å². The third-order valence-corrected chi connectivity index (χ3v) is 4.98. The largest absolute Gasteiger partial charge is 0.497 e. The van der Waals surface area contributed by atoms with Crippen LogP contribution in [0.15, 0.2) is 53.5 Å². The molecule has 1 amide bonds. The highest BCUT2D eigenvalue weighted by Crippen LogP contribution is 2.28. The molecule has 5 heteroatoms. The van der Waals surface area contributed by atoms with Crippen LogP contribution in [0.3, 0.4) is 0 Å². The van der Waals surface area contributed by atoms with Gasteiger partial charge in [-0.3, -0.25) is 9.59 Å². The van der Waals surface area contributed by atoms with Gasteiger partial charge >= 0.3 is 0 Å². The number of hydrogen-bond donors (Lipinski definition) is 0. The molecular weight excluding hydrogens is 328 g/mol. The molecule has 4 rings (SSSR count). The smallest absolute Gasteiger partial charge is 0.263 e. The van der Waals surface area contributed by atoms with Crippen LogP contribution in [0.25, 0.3) is 10.9 Å². The maximum absolute atomic E-state index is 13.2. The van der Waals surface area contributed by atoms with Crippen LogP contribution < -0.4 is 15.1 Å². The molecule has 3 aromatic rings. The van der Waals surface area contributed by atoms with Crippen molar-refractivity contribution < 1.29 is 9.53 Å². The zero-order valence-corrected chi connectivity index (χ0v) is 14.9. The fourth-order valence-electron chi connectivity index (χ4n) is 3.64. The maximum Gasteiger partial charge on any atom is 0.263 e. The Labute approximate surface area is 151 Å². The van der Waals surface area contributed by atoms with Crippen LogP contribution >= 0.6 is 0 Å². The number of para-hydroxylation sites is 1. The van der Waals surface area contributed by atoms with Gasteiger partial charge in [0.15, 0.2) is 0 Å². The Morgan fingerprint density at radius 2 is 1.96 bits per heavy atom. The summed E-state index contributed by atoms with van der Waals surface area (Å²) in [5, 5.41) is 0.489. The molecule has 5 nitrogen and oxygen atoms in total. The zero-order valence-electron chi connectivity index (χ0n) is 14.9.